The first kappa shape index (κ1) is 32.7. The molecule has 2 aromatic heterocycles. The second-order valence-electron chi connectivity index (χ2n) is 13.3. The zero-order chi connectivity index (χ0) is 36.3. The van der Waals surface area contributed by atoms with E-state index < -0.39 is 11.8 Å². The fraction of sp³-hybridized carbons (Fsp3) is 0.143. The number of hydroxylamine groups is 2. The highest BCUT2D eigenvalue weighted by Gasteiger charge is 2.46. The maximum atomic E-state index is 15.0. The van der Waals surface area contributed by atoms with Crippen molar-refractivity contribution in [2.24, 2.45) is 14.1 Å². The Morgan fingerprint density at radius 1 is 0.635 bits per heavy atom. The molecular weight excluding hydrogens is 653 g/mol. The highest BCUT2D eigenvalue weighted by atomic mass is 16.5. The number of hydrogen-bond acceptors (Lipinski definition) is 5. The second kappa shape index (κ2) is 12.7. The van der Waals surface area contributed by atoms with E-state index in [-0.39, 0.29) is 35.9 Å². The SMILES string of the molecule is CN(Cc1ccccc1)C(=O)C1=Cc2c(n(C)c3ccccc23)C(=C2c3c(c4ccccc4n3C)C=C(C(=O)N(C)Cc3ccccc3)[N+]2=O)N1[O-]. The first-order chi connectivity index (χ1) is 25.2. The number of para-hydroxylation sites is 2. The number of rotatable bonds is 6. The zero-order valence-corrected chi connectivity index (χ0v) is 29.3. The molecule has 52 heavy (non-hydrogen) atoms. The minimum absolute atomic E-state index is 0.0149. The number of benzene rings is 4. The maximum Gasteiger partial charge on any atom is 0.328 e. The number of carbonyl (C=O) groups excluding carboxylic acids is 2. The monoisotopic (exact) mass is 688 g/mol. The third kappa shape index (κ3) is 5.15. The normalized spacial score (nSPS) is 15.3. The molecular formula is C42H36N6O4. The van der Waals surface area contributed by atoms with Crippen LogP contribution in [0.3, 0.4) is 0 Å². The molecule has 0 radical (unpaired) electrons. The molecule has 0 spiro atoms. The van der Waals surface area contributed by atoms with Gasteiger partial charge in [-0.3, -0.25) is 9.59 Å². The maximum absolute atomic E-state index is 15.0. The van der Waals surface area contributed by atoms with E-state index in [0.717, 1.165) is 32.9 Å². The fourth-order valence-electron chi connectivity index (χ4n) is 7.50. The summed E-state index contributed by atoms with van der Waals surface area (Å²) in [5.74, 6) is -1.01. The lowest BCUT2D eigenvalue weighted by atomic mass is 9.97. The van der Waals surface area contributed by atoms with Gasteiger partial charge in [-0.2, -0.15) is 0 Å². The molecule has 0 saturated heterocycles. The Kier molecular flexibility index (Phi) is 7.96. The van der Waals surface area contributed by atoms with Crippen molar-refractivity contribution in [1.29, 1.82) is 0 Å². The van der Waals surface area contributed by atoms with Gasteiger partial charge in [-0.25, -0.2) is 0 Å². The van der Waals surface area contributed by atoms with Crippen molar-refractivity contribution in [2.75, 3.05) is 14.1 Å². The van der Waals surface area contributed by atoms with Crippen LogP contribution >= 0.6 is 0 Å². The standard InChI is InChI=1S/C42H36N6O4/c1-43(25-27-15-7-5-8-16-27)41(49)35-23-31-29-19-11-13-21-33(29)45(3)37(31)39(47(35)51)40-38-32(30-20-12-14-22-34(30)46(38)4)24-36(48(40)52)42(50)44(2)26-28-17-9-6-10-18-28/h5-24H,25-26H2,1-4H3. The zero-order valence-electron chi connectivity index (χ0n) is 29.3. The van der Waals surface area contributed by atoms with Crippen molar-refractivity contribution in [3.05, 3.63) is 164 Å². The van der Waals surface area contributed by atoms with Crippen molar-refractivity contribution < 1.29 is 14.3 Å². The Bertz CT molecular complexity index is 2540. The van der Waals surface area contributed by atoms with Gasteiger partial charge in [0.1, 0.15) is 11.4 Å². The Balaban J connectivity index is 1.36. The van der Waals surface area contributed by atoms with Crippen LogP contribution in [0.4, 0.5) is 0 Å². The molecule has 6 aromatic rings. The number of nitrogens with zero attached hydrogens (tertiary/aromatic N) is 6. The first-order valence-electron chi connectivity index (χ1n) is 17.0. The Morgan fingerprint density at radius 2 is 1.10 bits per heavy atom. The molecule has 10 nitrogen and oxygen atoms in total. The number of carbonyl (C=O) groups is 2. The van der Waals surface area contributed by atoms with E-state index >= 15 is 0 Å². The number of nitroso groups, excluding NO2 is 1. The topological polar surface area (TPSA) is 96.9 Å². The largest absolute Gasteiger partial charge is 0.753 e. The highest BCUT2D eigenvalue weighted by Crippen LogP contribution is 2.47. The number of amides is 2. The number of aryl methyl sites for hydroxylation is 2. The predicted octanol–water partition coefficient (Wildman–Crippen LogP) is 7.10. The number of likely N-dealkylation sites (N-methyl/N-ethyl adjacent to an activating group) is 2. The lowest BCUT2D eigenvalue weighted by Gasteiger charge is -2.38. The van der Waals surface area contributed by atoms with Crippen molar-refractivity contribution in [3.8, 4) is 0 Å². The molecule has 2 aliphatic heterocycles. The molecule has 2 aliphatic rings. The summed E-state index contributed by atoms with van der Waals surface area (Å²) < 4.78 is 4.33. The average Bonchev–Trinajstić information content (AvgIpc) is 3.61. The number of fused-ring (bicyclic) bond motifs is 6. The van der Waals surface area contributed by atoms with Crippen molar-refractivity contribution in [3.63, 3.8) is 0 Å². The van der Waals surface area contributed by atoms with E-state index in [1.807, 2.05) is 132 Å². The molecule has 0 N–H and O–H groups in total. The van der Waals surface area contributed by atoms with Crippen LogP contribution in [0.25, 0.3) is 45.4 Å². The van der Waals surface area contributed by atoms with Gasteiger partial charge in [-0.05, 0) is 29.3 Å². The van der Waals surface area contributed by atoms with Crippen molar-refractivity contribution in [1.82, 2.24) is 24.0 Å². The van der Waals surface area contributed by atoms with Gasteiger partial charge in [0.15, 0.2) is 0 Å². The van der Waals surface area contributed by atoms with Gasteiger partial charge in [0.05, 0.1) is 16.2 Å². The average molecular weight is 689 g/mol. The van der Waals surface area contributed by atoms with Gasteiger partial charge in [-0.15, -0.1) is 0 Å². The molecule has 8 rings (SSSR count). The van der Waals surface area contributed by atoms with Crippen LogP contribution in [0.15, 0.2) is 121 Å². The van der Waals surface area contributed by atoms with E-state index in [0.29, 0.717) is 32.3 Å². The summed E-state index contributed by atoms with van der Waals surface area (Å²) in [6, 6.07) is 34.5. The van der Waals surface area contributed by atoms with Gasteiger partial charge < -0.3 is 29.2 Å². The van der Waals surface area contributed by atoms with Crippen LogP contribution < -0.4 is 0 Å². The van der Waals surface area contributed by atoms with Crippen molar-refractivity contribution in [2.45, 2.75) is 13.1 Å². The summed E-state index contributed by atoms with van der Waals surface area (Å²) in [6.07, 6.45) is 3.24. The third-order valence-corrected chi connectivity index (χ3v) is 10.0. The van der Waals surface area contributed by atoms with Crippen LogP contribution in [-0.4, -0.2) is 54.7 Å². The Hall–Kier alpha value is -6.52. The van der Waals surface area contributed by atoms with Crippen LogP contribution in [-0.2, 0) is 36.8 Å². The van der Waals surface area contributed by atoms with Gasteiger partial charge in [-0.1, -0.05) is 97.1 Å². The second-order valence-corrected chi connectivity index (χ2v) is 13.3. The van der Waals surface area contributed by atoms with E-state index in [4.69, 9.17) is 0 Å². The number of hydrogen-bond donors (Lipinski definition) is 0. The van der Waals surface area contributed by atoms with Crippen LogP contribution in [0.1, 0.15) is 33.6 Å². The lowest BCUT2D eigenvalue weighted by Crippen LogP contribution is -2.37. The summed E-state index contributed by atoms with van der Waals surface area (Å²) >= 11 is 0. The molecule has 258 valence electrons. The van der Waals surface area contributed by atoms with E-state index in [1.165, 1.54) is 9.80 Å². The van der Waals surface area contributed by atoms with Gasteiger partial charge in [0.25, 0.3) is 5.91 Å². The summed E-state index contributed by atoms with van der Waals surface area (Å²) in [4.78, 5) is 46.5. The van der Waals surface area contributed by atoms with E-state index in [2.05, 4.69) is 0 Å². The summed E-state index contributed by atoms with van der Waals surface area (Å²) in [6.45, 7) is 0.546. The minimum Gasteiger partial charge on any atom is -0.753 e. The molecule has 0 unspecified atom stereocenters. The van der Waals surface area contributed by atoms with E-state index in [1.54, 1.807) is 26.2 Å². The van der Waals surface area contributed by atoms with Gasteiger partial charge in [0.2, 0.25) is 0 Å². The summed E-state index contributed by atoms with van der Waals surface area (Å²) in [5, 5.41) is 17.2. The molecule has 2 amide bonds. The smallest absolute Gasteiger partial charge is 0.328 e. The summed E-state index contributed by atoms with van der Waals surface area (Å²) in [7, 11) is 6.99. The lowest BCUT2D eigenvalue weighted by molar-refractivity contribution is -0.393. The molecule has 0 atom stereocenters. The molecule has 4 heterocycles. The van der Waals surface area contributed by atoms with Gasteiger partial charge >= 0.3 is 17.3 Å². The Morgan fingerprint density at radius 3 is 1.65 bits per heavy atom. The summed E-state index contributed by atoms with van der Waals surface area (Å²) in [5.41, 5.74) is 5.37. The predicted molar refractivity (Wildman–Crippen MR) is 203 cm³/mol. The molecule has 0 saturated carbocycles. The van der Waals surface area contributed by atoms with Crippen molar-refractivity contribution >= 4 is 57.2 Å². The minimum atomic E-state index is -0.504. The van der Waals surface area contributed by atoms with E-state index in [9.17, 15) is 19.7 Å². The van der Waals surface area contributed by atoms with Crippen LogP contribution in [0.2, 0.25) is 0 Å². The third-order valence-electron chi connectivity index (χ3n) is 10.0. The van der Waals surface area contributed by atoms with Gasteiger partial charge in [0, 0.05) is 85.2 Å². The molecule has 4 aromatic carbocycles. The molecule has 10 heteroatoms. The molecule has 0 aliphatic carbocycles. The van der Waals surface area contributed by atoms with Crippen LogP contribution in [0.5, 0.6) is 0 Å². The highest BCUT2D eigenvalue weighted by molar-refractivity contribution is 6.11. The van der Waals surface area contributed by atoms with Crippen LogP contribution in [0, 0.1) is 10.1 Å². The molecule has 0 fully saturated rings. The quantitative estimate of drug-likeness (QED) is 0.174. The number of aromatic nitrogens is 2. The fourth-order valence-corrected chi connectivity index (χ4v) is 7.50. The first-order valence-corrected chi connectivity index (χ1v) is 17.0. The Labute approximate surface area is 300 Å². The molecule has 0 bridgehead atoms.